The second-order valence-electron chi connectivity index (χ2n) is 1.52. The molecule has 0 aromatic heterocycles. The minimum absolute atomic E-state index is 0.125. The number of aliphatic hydroxyl groups excluding tert-OH is 2. The minimum Gasteiger partial charge on any atom is -0.473 e. The molecule has 0 aromatic carbocycles. The van der Waals surface area contributed by atoms with E-state index in [9.17, 15) is 0 Å². The summed E-state index contributed by atoms with van der Waals surface area (Å²) < 4.78 is 4.77. The molecule has 0 heterocycles. The Labute approximate surface area is 67.6 Å². The molecule has 0 saturated carbocycles. The maximum absolute atomic E-state index is 7.62. The summed E-state index contributed by atoms with van der Waals surface area (Å²) in [6.45, 7) is 3.56. The van der Waals surface area contributed by atoms with Crippen LogP contribution in [0.1, 0.15) is 13.8 Å². The Morgan fingerprint density at radius 3 is 1.55 bits per heavy atom. The highest BCUT2D eigenvalue weighted by Gasteiger charge is 1.58. The Kier molecular flexibility index (Phi) is 18.8. The van der Waals surface area contributed by atoms with E-state index in [0.717, 1.165) is 0 Å². The van der Waals surface area contributed by atoms with Crippen LogP contribution in [-0.4, -0.2) is 23.4 Å². The van der Waals surface area contributed by atoms with Gasteiger partial charge in [-0.3, -0.25) is 0 Å². The van der Waals surface area contributed by atoms with Crippen LogP contribution in [-0.2, 0) is 4.74 Å². The van der Waals surface area contributed by atoms with Gasteiger partial charge in [0.1, 0.15) is 0 Å². The van der Waals surface area contributed by atoms with Crippen LogP contribution in [0.5, 0.6) is 0 Å². The van der Waals surface area contributed by atoms with Crippen molar-refractivity contribution in [1.29, 1.82) is 0 Å². The summed E-state index contributed by atoms with van der Waals surface area (Å²) in [5, 5.41) is 15.2. The van der Waals surface area contributed by atoms with Gasteiger partial charge < -0.3 is 14.9 Å². The SMILES string of the molecule is C/C=C\O/C=C\C.OCCO. The number of rotatable bonds is 3. The van der Waals surface area contributed by atoms with E-state index in [-0.39, 0.29) is 13.2 Å². The summed E-state index contributed by atoms with van der Waals surface area (Å²) in [5.41, 5.74) is 0. The summed E-state index contributed by atoms with van der Waals surface area (Å²) in [5.74, 6) is 0. The molecule has 0 amide bonds. The Balaban J connectivity index is 0. The normalized spacial score (nSPS) is 9.82. The van der Waals surface area contributed by atoms with Crippen LogP contribution < -0.4 is 0 Å². The van der Waals surface area contributed by atoms with E-state index >= 15 is 0 Å². The molecule has 0 aliphatic carbocycles. The Morgan fingerprint density at radius 1 is 1.00 bits per heavy atom. The van der Waals surface area contributed by atoms with E-state index in [1.165, 1.54) is 0 Å². The second-order valence-corrected chi connectivity index (χ2v) is 1.52. The van der Waals surface area contributed by atoms with Crippen LogP contribution in [0.2, 0.25) is 0 Å². The third-order valence-electron chi connectivity index (χ3n) is 0.529. The van der Waals surface area contributed by atoms with Crippen molar-refractivity contribution in [1.82, 2.24) is 0 Å². The van der Waals surface area contributed by atoms with Crippen LogP contribution in [0.4, 0.5) is 0 Å². The number of hydrogen-bond donors (Lipinski definition) is 2. The third-order valence-corrected chi connectivity index (χ3v) is 0.529. The highest BCUT2D eigenvalue weighted by atomic mass is 16.5. The summed E-state index contributed by atoms with van der Waals surface area (Å²) in [4.78, 5) is 0. The fourth-order valence-corrected chi connectivity index (χ4v) is 0.202. The first-order valence-corrected chi connectivity index (χ1v) is 3.43. The van der Waals surface area contributed by atoms with Crippen molar-refractivity contribution < 1.29 is 14.9 Å². The topological polar surface area (TPSA) is 49.7 Å². The summed E-state index contributed by atoms with van der Waals surface area (Å²) >= 11 is 0. The number of allylic oxidation sites excluding steroid dienone is 2. The van der Waals surface area contributed by atoms with E-state index in [1.54, 1.807) is 12.5 Å². The molecule has 0 spiro atoms. The Morgan fingerprint density at radius 2 is 1.36 bits per heavy atom. The van der Waals surface area contributed by atoms with Crippen LogP contribution >= 0.6 is 0 Å². The minimum atomic E-state index is -0.125. The van der Waals surface area contributed by atoms with Gasteiger partial charge in [-0.15, -0.1) is 0 Å². The van der Waals surface area contributed by atoms with Gasteiger partial charge in [-0.1, -0.05) is 12.2 Å². The maximum Gasteiger partial charge on any atom is 0.0858 e. The zero-order chi connectivity index (χ0) is 8.95. The summed E-state index contributed by atoms with van der Waals surface area (Å²) in [6, 6.07) is 0. The number of aliphatic hydroxyl groups is 2. The monoisotopic (exact) mass is 160 g/mol. The van der Waals surface area contributed by atoms with Gasteiger partial charge in [0.25, 0.3) is 0 Å². The van der Waals surface area contributed by atoms with Gasteiger partial charge in [0.05, 0.1) is 25.7 Å². The van der Waals surface area contributed by atoms with Crippen LogP contribution in [0, 0.1) is 0 Å². The highest BCUT2D eigenvalue weighted by molar-refractivity contribution is 4.73. The van der Waals surface area contributed by atoms with Crippen molar-refractivity contribution in [3.8, 4) is 0 Å². The van der Waals surface area contributed by atoms with Crippen molar-refractivity contribution in [3.63, 3.8) is 0 Å². The molecule has 0 atom stereocenters. The van der Waals surface area contributed by atoms with E-state index in [4.69, 9.17) is 14.9 Å². The van der Waals surface area contributed by atoms with Gasteiger partial charge in [-0.2, -0.15) is 0 Å². The van der Waals surface area contributed by atoms with Gasteiger partial charge in [0, 0.05) is 0 Å². The average molecular weight is 160 g/mol. The molecule has 0 fully saturated rings. The van der Waals surface area contributed by atoms with Crippen molar-refractivity contribution >= 4 is 0 Å². The lowest BCUT2D eigenvalue weighted by Gasteiger charge is -1.82. The van der Waals surface area contributed by atoms with Gasteiger partial charge in [-0.05, 0) is 13.8 Å². The molecule has 66 valence electrons. The molecule has 0 rings (SSSR count). The molecular weight excluding hydrogens is 144 g/mol. The lowest BCUT2D eigenvalue weighted by Crippen LogP contribution is -1.85. The van der Waals surface area contributed by atoms with Gasteiger partial charge in [0.2, 0.25) is 0 Å². The molecule has 11 heavy (non-hydrogen) atoms. The zero-order valence-electron chi connectivity index (χ0n) is 7.03. The van der Waals surface area contributed by atoms with E-state index in [2.05, 4.69) is 0 Å². The molecule has 0 bridgehead atoms. The molecule has 0 unspecified atom stereocenters. The predicted octanol–water partition coefficient (Wildman–Crippen LogP) is 1.04. The zero-order valence-corrected chi connectivity index (χ0v) is 7.03. The van der Waals surface area contributed by atoms with Gasteiger partial charge in [0.15, 0.2) is 0 Å². The van der Waals surface area contributed by atoms with Crippen LogP contribution in [0.25, 0.3) is 0 Å². The molecule has 0 saturated heterocycles. The molecule has 0 radical (unpaired) electrons. The molecule has 2 N–H and O–H groups in total. The van der Waals surface area contributed by atoms with Gasteiger partial charge >= 0.3 is 0 Å². The number of ether oxygens (including phenoxy) is 1. The summed E-state index contributed by atoms with van der Waals surface area (Å²) in [6.07, 6.45) is 6.92. The first-order valence-electron chi connectivity index (χ1n) is 3.43. The van der Waals surface area contributed by atoms with E-state index in [1.807, 2.05) is 26.0 Å². The maximum atomic E-state index is 7.62. The molecular formula is C8H16O3. The molecule has 0 aromatic rings. The largest absolute Gasteiger partial charge is 0.473 e. The van der Waals surface area contributed by atoms with Crippen molar-refractivity contribution in [2.75, 3.05) is 13.2 Å². The van der Waals surface area contributed by atoms with Crippen molar-refractivity contribution in [3.05, 3.63) is 24.7 Å². The first kappa shape index (κ1) is 12.8. The van der Waals surface area contributed by atoms with Crippen molar-refractivity contribution in [2.24, 2.45) is 0 Å². The van der Waals surface area contributed by atoms with E-state index in [0.29, 0.717) is 0 Å². The van der Waals surface area contributed by atoms with Crippen LogP contribution in [0.3, 0.4) is 0 Å². The molecule has 3 heteroatoms. The molecule has 0 aliphatic heterocycles. The lowest BCUT2D eigenvalue weighted by atomic mass is 10.7. The Bertz CT molecular complexity index is 85.5. The second kappa shape index (κ2) is 16.1. The third kappa shape index (κ3) is 27.0. The lowest BCUT2D eigenvalue weighted by molar-refractivity contribution is 0.186. The van der Waals surface area contributed by atoms with Gasteiger partial charge in [-0.25, -0.2) is 0 Å². The quantitative estimate of drug-likeness (QED) is 0.606. The fourth-order valence-electron chi connectivity index (χ4n) is 0.202. The van der Waals surface area contributed by atoms with E-state index < -0.39 is 0 Å². The molecule has 3 nitrogen and oxygen atoms in total. The van der Waals surface area contributed by atoms with Crippen LogP contribution in [0.15, 0.2) is 24.7 Å². The standard InChI is InChI=1S/C6H10O.C2H6O2/c1-3-5-7-6-4-2;3-1-2-4/h3-6H,1-2H3;3-4H,1-2H2/b5-3-,6-4-;. The molecule has 0 aliphatic rings. The first-order chi connectivity index (χ1) is 5.33. The van der Waals surface area contributed by atoms with Crippen molar-refractivity contribution in [2.45, 2.75) is 13.8 Å². The highest BCUT2D eigenvalue weighted by Crippen LogP contribution is 1.76. The average Bonchev–Trinajstić information content (AvgIpc) is 2.06. The summed E-state index contributed by atoms with van der Waals surface area (Å²) in [7, 11) is 0. The smallest absolute Gasteiger partial charge is 0.0858 e. The number of hydrogen-bond acceptors (Lipinski definition) is 3. The fraction of sp³-hybridized carbons (Fsp3) is 0.500. The Hall–Kier alpha value is -0.800. The predicted molar refractivity (Wildman–Crippen MR) is 44.9 cm³/mol.